The fraction of sp³-hybridized carbons (Fsp3) is 0.167. The molecule has 17 heavy (non-hydrogen) atoms. The number of benzene rings is 1. The lowest BCUT2D eigenvalue weighted by Gasteiger charge is -2.13. The maximum absolute atomic E-state index is 11.1. The van der Waals surface area contributed by atoms with Crippen molar-refractivity contribution in [3.63, 3.8) is 0 Å². The fourth-order valence-corrected chi connectivity index (χ4v) is 1.84. The van der Waals surface area contributed by atoms with E-state index in [0.29, 0.717) is 16.5 Å². The van der Waals surface area contributed by atoms with Gasteiger partial charge >= 0.3 is 5.97 Å². The van der Waals surface area contributed by atoms with Crippen LogP contribution in [0.2, 0.25) is 0 Å². The Balaban J connectivity index is 2.70. The molecule has 1 atom stereocenters. The number of fused-ring (bicyclic) bond motifs is 1. The number of aromatic hydroxyl groups is 1. The first-order chi connectivity index (χ1) is 8.15. The molecule has 88 valence electrons. The van der Waals surface area contributed by atoms with Crippen LogP contribution in [0.4, 0.5) is 0 Å². The average Bonchev–Trinajstić information content (AvgIpc) is 2.33. The van der Waals surface area contributed by atoms with Gasteiger partial charge in [0.1, 0.15) is 11.3 Å². The van der Waals surface area contributed by atoms with Crippen LogP contribution in [0.25, 0.3) is 10.9 Å². The standard InChI is InChI=1S/C12H12N2O3/c13-6-9(12(16)17)7-3-4-10(15)11-8(7)2-1-5-14-11/h1-5,9,15H,6,13H2,(H,16,17). The first kappa shape index (κ1) is 11.3. The van der Waals surface area contributed by atoms with Gasteiger partial charge in [-0.1, -0.05) is 12.1 Å². The van der Waals surface area contributed by atoms with Crippen LogP contribution >= 0.6 is 0 Å². The summed E-state index contributed by atoms with van der Waals surface area (Å²) in [6.07, 6.45) is 1.55. The van der Waals surface area contributed by atoms with E-state index in [1.54, 1.807) is 24.4 Å². The number of nitrogens with zero attached hydrogens (tertiary/aromatic N) is 1. The SMILES string of the molecule is NCC(C(=O)O)c1ccc(O)c2ncccc12. The molecule has 5 heteroatoms. The number of phenols is 1. The Morgan fingerprint density at radius 1 is 1.41 bits per heavy atom. The highest BCUT2D eigenvalue weighted by Gasteiger charge is 2.21. The van der Waals surface area contributed by atoms with Gasteiger partial charge in [0, 0.05) is 18.1 Å². The predicted molar refractivity (Wildman–Crippen MR) is 62.8 cm³/mol. The summed E-state index contributed by atoms with van der Waals surface area (Å²) in [5, 5.41) is 19.4. The zero-order valence-corrected chi connectivity index (χ0v) is 9.00. The summed E-state index contributed by atoms with van der Waals surface area (Å²) in [6, 6.07) is 6.44. The Morgan fingerprint density at radius 3 is 2.82 bits per heavy atom. The van der Waals surface area contributed by atoms with E-state index in [1.807, 2.05) is 0 Å². The Bertz CT molecular complexity index is 569. The summed E-state index contributed by atoms with van der Waals surface area (Å²) in [5.41, 5.74) is 6.43. The largest absolute Gasteiger partial charge is 0.506 e. The number of rotatable bonds is 3. The van der Waals surface area contributed by atoms with E-state index in [9.17, 15) is 9.90 Å². The van der Waals surface area contributed by atoms with Crippen LogP contribution in [0.5, 0.6) is 5.75 Å². The summed E-state index contributed by atoms with van der Waals surface area (Å²) >= 11 is 0. The molecule has 2 rings (SSSR count). The number of nitrogens with two attached hydrogens (primary N) is 1. The van der Waals surface area contributed by atoms with Gasteiger partial charge in [-0.3, -0.25) is 9.78 Å². The third-order valence-electron chi connectivity index (χ3n) is 2.69. The van der Waals surface area contributed by atoms with Crippen LogP contribution in [-0.2, 0) is 4.79 Å². The summed E-state index contributed by atoms with van der Waals surface area (Å²) < 4.78 is 0. The molecule has 0 radical (unpaired) electrons. The molecule has 1 aromatic carbocycles. The molecular weight excluding hydrogens is 220 g/mol. The molecular formula is C12H12N2O3. The van der Waals surface area contributed by atoms with E-state index in [4.69, 9.17) is 10.8 Å². The van der Waals surface area contributed by atoms with Crippen molar-refractivity contribution >= 4 is 16.9 Å². The molecule has 0 bridgehead atoms. The lowest BCUT2D eigenvalue weighted by molar-refractivity contribution is -0.138. The van der Waals surface area contributed by atoms with Crippen LogP contribution < -0.4 is 5.73 Å². The smallest absolute Gasteiger partial charge is 0.312 e. The van der Waals surface area contributed by atoms with Gasteiger partial charge in [-0.05, 0) is 17.7 Å². The minimum atomic E-state index is -0.983. The maximum atomic E-state index is 11.1. The van der Waals surface area contributed by atoms with Crippen LogP contribution in [-0.4, -0.2) is 27.7 Å². The third-order valence-corrected chi connectivity index (χ3v) is 2.69. The highest BCUT2D eigenvalue weighted by Crippen LogP contribution is 2.29. The number of aromatic nitrogens is 1. The van der Waals surface area contributed by atoms with Gasteiger partial charge in [0.25, 0.3) is 0 Å². The van der Waals surface area contributed by atoms with Gasteiger partial charge in [-0.25, -0.2) is 0 Å². The van der Waals surface area contributed by atoms with Crippen molar-refractivity contribution in [2.45, 2.75) is 5.92 Å². The van der Waals surface area contributed by atoms with Crippen molar-refractivity contribution in [2.24, 2.45) is 5.73 Å². The topological polar surface area (TPSA) is 96.4 Å². The van der Waals surface area contributed by atoms with E-state index >= 15 is 0 Å². The van der Waals surface area contributed by atoms with Crippen molar-refractivity contribution in [3.8, 4) is 5.75 Å². The minimum Gasteiger partial charge on any atom is -0.506 e. The summed E-state index contributed by atoms with van der Waals surface area (Å²) in [4.78, 5) is 15.1. The average molecular weight is 232 g/mol. The number of carboxylic acid groups (broad SMARTS) is 1. The predicted octanol–water partition coefficient (Wildman–Crippen LogP) is 1.07. The van der Waals surface area contributed by atoms with Gasteiger partial charge < -0.3 is 15.9 Å². The molecule has 0 aliphatic heterocycles. The number of hydrogen-bond donors (Lipinski definition) is 3. The molecule has 0 aliphatic carbocycles. The molecule has 1 aromatic heterocycles. The Morgan fingerprint density at radius 2 is 2.18 bits per heavy atom. The zero-order chi connectivity index (χ0) is 12.4. The number of carbonyl (C=O) groups is 1. The highest BCUT2D eigenvalue weighted by atomic mass is 16.4. The molecule has 0 aliphatic rings. The number of carboxylic acids is 1. The number of aliphatic carboxylic acids is 1. The molecule has 1 heterocycles. The Labute approximate surface area is 97.5 Å². The first-order valence-electron chi connectivity index (χ1n) is 5.14. The van der Waals surface area contributed by atoms with E-state index in [2.05, 4.69) is 4.98 Å². The minimum absolute atomic E-state index is 0.00407. The van der Waals surface area contributed by atoms with Crippen molar-refractivity contribution in [2.75, 3.05) is 6.54 Å². The maximum Gasteiger partial charge on any atom is 0.312 e. The lowest BCUT2D eigenvalue weighted by atomic mass is 9.95. The van der Waals surface area contributed by atoms with Crippen LogP contribution in [0.1, 0.15) is 11.5 Å². The molecule has 0 fully saturated rings. The van der Waals surface area contributed by atoms with E-state index in [1.165, 1.54) is 6.07 Å². The normalized spacial score (nSPS) is 12.5. The van der Waals surface area contributed by atoms with Crippen LogP contribution in [0.3, 0.4) is 0 Å². The fourth-order valence-electron chi connectivity index (χ4n) is 1.84. The number of phenolic OH excluding ortho intramolecular Hbond substituents is 1. The Kier molecular flexibility index (Phi) is 2.93. The second-order valence-corrected chi connectivity index (χ2v) is 3.70. The van der Waals surface area contributed by atoms with Crippen molar-refractivity contribution in [1.29, 1.82) is 0 Å². The summed E-state index contributed by atoms with van der Waals surface area (Å²) in [7, 11) is 0. The van der Waals surface area contributed by atoms with Crippen LogP contribution in [0.15, 0.2) is 30.5 Å². The molecule has 0 spiro atoms. The summed E-state index contributed by atoms with van der Waals surface area (Å²) in [6.45, 7) is 0.00407. The second-order valence-electron chi connectivity index (χ2n) is 3.70. The van der Waals surface area contributed by atoms with Crippen LogP contribution in [0, 0.1) is 0 Å². The molecule has 0 saturated carbocycles. The Hall–Kier alpha value is -2.14. The summed E-state index contributed by atoms with van der Waals surface area (Å²) in [5.74, 6) is -1.74. The molecule has 0 saturated heterocycles. The number of pyridine rings is 1. The molecule has 5 nitrogen and oxygen atoms in total. The highest BCUT2D eigenvalue weighted by molar-refractivity contribution is 5.91. The van der Waals surface area contributed by atoms with Crippen molar-refractivity contribution in [3.05, 3.63) is 36.0 Å². The number of hydrogen-bond acceptors (Lipinski definition) is 4. The van der Waals surface area contributed by atoms with E-state index in [-0.39, 0.29) is 12.3 Å². The van der Waals surface area contributed by atoms with Crippen molar-refractivity contribution in [1.82, 2.24) is 4.98 Å². The lowest BCUT2D eigenvalue weighted by Crippen LogP contribution is -2.21. The van der Waals surface area contributed by atoms with Gasteiger partial charge in [0.2, 0.25) is 0 Å². The van der Waals surface area contributed by atoms with Gasteiger partial charge in [-0.2, -0.15) is 0 Å². The van der Waals surface area contributed by atoms with Gasteiger partial charge in [0.15, 0.2) is 0 Å². The molecule has 4 N–H and O–H groups in total. The molecule has 1 unspecified atom stereocenters. The quantitative estimate of drug-likeness (QED) is 0.735. The monoisotopic (exact) mass is 232 g/mol. The third kappa shape index (κ3) is 1.92. The molecule has 0 amide bonds. The van der Waals surface area contributed by atoms with E-state index < -0.39 is 11.9 Å². The van der Waals surface area contributed by atoms with E-state index in [0.717, 1.165) is 0 Å². The first-order valence-corrected chi connectivity index (χ1v) is 5.14. The van der Waals surface area contributed by atoms with Gasteiger partial charge in [-0.15, -0.1) is 0 Å². The zero-order valence-electron chi connectivity index (χ0n) is 9.00. The second kappa shape index (κ2) is 4.39. The van der Waals surface area contributed by atoms with Crippen molar-refractivity contribution < 1.29 is 15.0 Å². The van der Waals surface area contributed by atoms with Gasteiger partial charge in [0.05, 0.1) is 5.92 Å². The molecule has 2 aromatic rings.